The van der Waals surface area contributed by atoms with Gasteiger partial charge in [0, 0.05) is 12.3 Å². The summed E-state index contributed by atoms with van der Waals surface area (Å²) < 4.78 is 20.9. The standard InChI is InChI=1S/C28H38FNO2Si/c1-27(2,3)33(4,5)32-18-16-22(20-11-10-12-21(29)19-20)23-13-8-9-17-28(23)24-14-6-7-15-25(24)30-26(28)31/h6-7,10-12,14-15,19,22-23H,8-9,13,16-18H2,1-5H3,(H,30,31). The van der Waals surface area contributed by atoms with Crippen LogP contribution >= 0.6 is 0 Å². The first kappa shape index (κ1) is 24.2. The largest absolute Gasteiger partial charge is 0.417 e. The molecule has 2 aliphatic rings. The fraction of sp³-hybridized carbons (Fsp3) is 0.536. The van der Waals surface area contributed by atoms with Crippen molar-refractivity contribution in [1.29, 1.82) is 0 Å². The molecule has 3 atom stereocenters. The second-order valence-electron chi connectivity index (χ2n) is 11.4. The van der Waals surface area contributed by atoms with E-state index < -0.39 is 13.7 Å². The average molecular weight is 468 g/mol. The molecule has 2 aromatic carbocycles. The van der Waals surface area contributed by atoms with Crippen LogP contribution in [-0.4, -0.2) is 20.8 Å². The Bertz CT molecular complexity index is 1010. The molecule has 3 unspecified atom stereocenters. The number of halogens is 1. The molecule has 1 aliphatic carbocycles. The molecule has 0 radical (unpaired) electrons. The maximum atomic E-state index is 14.3. The first-order valence-corrected chi connectivity index (χ1v) is 15.3. The van der Waals surface area contributed by atoms with Crippen LogP contribution < -0.4 is 5.32 Å². The molecule has 1 amide bonds. The molecule has 0 bridgehead atoms. The van der Waals surface area contributed by atoms with E-state index in [1.807, 2.05) is 24.3 Å². The fourth-order valence-corrected chi connectivity index (χ4v) is 6.75. The lowest BCUT2D eigenvalue weighted by molar-refractivity contribution is -0.124. The van der Waals surface area contributed by atoms with Gasteiger partial charge in [0.1, 0.15) is 5.82 Å². The van der Waals surface area contributed by atoms with Crippen molar-refractivity contribution < 1.29 is 13.6 Å². The molecule has 33 heavy (non-hydrogen) atoms. The molecule has 1 heterocycles. The van der Waals surface area contributed by atoms with E-state index in [0.29, 0.717) is 6.61 Å². The van der Waals surface area contributed by atoms with Gasteiger partial charge in [-0.25, -0.2) is 4.39 Å². The first-order chi connectivity index (χ1) is 15.6. The van der Waals surface area contributed by atoms with Crippen LogP contribution in [0, 0.1) is 11.7 Å². The van der Waals surface area contributed by atoms with Crippen LogP contribution in [0.4, 0.5) is 10.1 Å². The van der Waals surface area contributed by atoms with Crippen LogP contribution in [0.25, 0.3) is 0 Å². The van der Waals surface area contributed by atoms with Gasteiger partial charge in [-0.1, -0.05) is 63.9 Å². The molecule has 1 saturated carbocycles. The molecule has 1 aliphatic heterocycles. The van der Waals surface area contributed by atoms with Crippen LogP contribution in [0.15, 0.2) is 48.5 Å². The van der Waals surface area contributed by atoms with Crippen LogP contribution in [-0.2, 0) is 14.6 Å². The van der Waals surface area contributed by atoms with E-state index in [1.165, 1.54) is 6.07 Å². The minimum atomic E-state index is -1.90. The maximum Gasteiger partial charge on any atom is 0.235 e. The van der Waals surface area contributed by atoms with Gasteiger partial charge in [0.05, 0.1) is 5.41 Å². The zero-order valence-corrected chi connectivity index (χ0v) is 21.7. The number of hydrogen-bond donors (Lipinski definition) is 1. The quantitative estimate of drug-likeness (QED) is 0.449. The highest BCUT2D eigenvalue weighted by Crippen LogP contribution is 2.55. The number of benzene rings is 2. The van der Waals surface area contributed by atoms with Crippen LogP contribution in [0.1, 0.15) is 69.9 Å². The highest BCUT2D eigenvalue weighted by atomic mass is 28.4. The van der Waals surface area contributed by atoms with E-state index in [4.69, 9.17) is 4.43 Å². The molecule has 0 aromatic heterocycles. The van der Waals surface area contributed by atoms with Gasteiger partial charge in [-0.15, -0.1) is 0 Å². The lowest BCUT2D eigenvalue weighted by atomic mass is 9.57. The second kappa shape index (κ2) is 8.99. The number of hydrogen-bond acceptors (Lipinski definition) is 2. The lowest BCUT2D eigenvalue weighted by Crippen LogP contribution is -2.47. The van der Waals surface area contributed by atoms with Crippen molar-refractivity contribution in [3.63, 3.8) is 0 Å². The summed E-state index contributed by atoms with van der Waals surface area (Å²) in [7, 11) is -1.90. The zero-order valence-electron chi connectivity index (χ0n) is 20.7. The molecule has 4 rings (SSSR count). The number of fused-ring (bicyclic) bond motifs is 2. The van der Waals surface area contributed by atoms with Crippen molar-refractivity contribution in [2.24, 2.45) is 5.92 Å². The van der Waals surface area contributed by atoms with Gasteiger partial charge in [-0.2, -0.15) is 0 Å². The maximum absolute atomic E-state index is 14.3. The number of amides is 1. The summed E-state index contributed by atoms with van der Waals surface area (Å²) in [4.78, 5) is 13.6. The van der Waals surface area contributed by atoms with Gasteiger partial charge in [-0.05, 0) is 78.6 Å². The van der Waals surface area contributed by atoms with E-state index in [-0.39, 0.29) is 28.6 Å². The highest BCUT2D eigenvalue weighted by molar-refractivity contribution is 6.74. The van der Waals surface area contributed by atoms with Gasteiger partial charge in [0.25, 0.3) is 0 Å². The molecule has 2 aromatic rings. The van der Waals surface area contributed by atoms with Gasteiger partial charge in [0.2, 0.25) is 5.91 Å². The average Bonchev–Trinajstić information content (AvgIpc) is 3.03. The Labute approximate surface area is 199 Å². The van der Waals surface area contributed by atoms with E-state index in [1.54, 1.807) is 12.1 Å². The van der Waals surface area contributed by atoms with Gasteiger partial charge < -0.3 is 9.74 Å². The molecule has 1 fully saturated rings. The Balaban J connectivity index is 1.71. The Hall–Kier alpha value is -1.98. The third-order valence-corrected chi connectivity index (χ3v) is 13.0. The summed E-state index contributed by atoms with van der Waals surface area (Å²) in [5.41, 5.74) is 2.48. The normalized spacial score (nSPS) is 23.9. The predicted octanol–water partition coefficient (Wildman–Crippen LogP) is 7.40. The van der Waals surface area contributed by atoms with Crippen LogP contribution in [0.5, 0.6) is 0 Å². The summed E-state index contributed by atoms with van der Waals surface area (Å²) in [5.74, 6) is 0.0615. The van der Waals surface area contributed by atoms with Crippen LogP contribution in [0.3, 0.4) is 0 Å². The van der Waals surface area contributed by atoms with Crippen LogP contribution in [0.2, 0.25) is 18.1 Å². The Morgan fingerprint density at radius 3 is 2.64 bits per heavy atom. The molecule has 178 valence electrons. The van der Waals surface area contributed by atoms with E-state index in [2.05, 4.69) is 45.2 Å². The smallest absolute Gasteiger partial charge is 0.235 e. The van der Waals surface area contributed by atoms with E-state index in [0.717, 1.165) is 48.9 Å². The molecule has 1 spiro atoms. The highest BCUT2D eigenvalue weighted by Gasteiger charge is 2.55. The summed E-state index contributed by atoms with van der Waals surface area (Å²) in [6.45, 7) is 11.9. The number of carbonyl (C=O) groups is 1. The van der Waals surface area contributed by atoms with Gasteiger partial charge in [0.15, 0.2) is 8.32 Å². The third kappa shape index (κ3) is 4.42. The molecule has 1 N–H and O–H groups in total. The fourth-order valence-electron chi connectivity index (χ4n) is 5.69. The summed E-state index contributed by atoms with van der Waals surface area (Å²) in [5, 5.41) is 3.31. The summed E-state index contributed by atoms with van der Waals surface area (Å²) in [6, 6.07) is 15.1. The topological polar surface area (TPSA) is 38.3 Å². The molecule has 3 nitrogen and oxygen atoms in total. The Morgan fingerprint density at radius 1 is 1.15 bits per heavy atom. The first-order valence-electron chi connectivity index (χ1n) is 12.4. The van der Waals surface area contributed by atoms with Crippen molar-refractivity contribution >= 4 is 19.9 Å². The van der Waals surface area contributed by atoms with E-state index >= 15 is 0 Å². The molecule has 0 saturated heterocycles. The van der Waals surface area contributed by atoms with Crippen molar-refractivity contribution in [1.82, 2.24) is 0 Å². The number of para-hydroxylation sites is 1. The van der Waals surface area contributed by atoms with Crippen molar-refractivity contribution in [2.75, 3.05) is 11.9 Å². The molecular formula is C28H38FNO2Si. The molecular weight excluding hydrogens is 429 g/mol. The predicted molar refractivity (Wildman–Crippen MR) is 136 cm³/mol. The third-order valence-electron chi connectivity index (χ3n) is 8.49. The Kier molecular flexibility index (Phi) is 6.58. The SMILES string of the molecule is CC(C)(C)[Si](C)(C)OCCC(c1cccc(F)c1)C1CCCCC12C(=O)Nc1ccccc12. The minimum Gasteiger partial charge on any atom is -0.417 e. The monoisotopic (exact) mass is 467 g/mol. The van der Waals surface area contributed by atoms with Crippen molar-refractivity contribution in [2.45, 2.75) is 82.3 Å². The number of anilines is 1. The van der Waals surface area contributed by atoms with E-state index in [9.17, 15) is 9.18 Å². The minimum absolute atomic E-state index is 0.0580. The zero-order chi connectivity index (χ0) is 23.9. The van der Waals surface area contributed by atoms with Crippen molar-refractivity contribution in [3.8, 4) is 0 Å². The van der Waals surface area contributed by atoms with Crippen molar-refractivity contribution in [3.05, 3.63) is 65.5 Å². The number of rotatable bonds is 6. The Morgan fingerprint density at radius 2 is 1.91 bits per heavy atom. The molecule has 5 heteroatoms. The summed E-state index contributed by atoms with van der Waals surface area (Å²) in [6.07, 6.45) is 4.72. The lowest BCUT2D eigenvalue weighted by Gasteiger charge is -2.45. The second-order valence-corrected chi connectivity index (χ2v) is 16.2. The van der Waals surface area contributed by atoms with Gasteiger partial charge in [-0.3, -0.25) is 4.79 Å². The number of nitrogens with one attached hydrogen (secondary N) is 1. The summed E-state index contributed by atoms with van der Waals surface area (Å²) >= 11 is 0. The van der Waals surface area contributed by atoms with Gasteiger partial charge >= 0.3 is 0 Å². The number of carbonyl (C=O) groups excluding carboxylic acids is 1.